The summed E-state index contributed by atoms with van der Waals surface area (Å²) in [5, 5.41) is 10.8. The SMILES string of the molecule is C[C@@H]1CC(=O)[C@H](CC(=O)OCC(=O)c2ccc3c(c2)CCC3)[C@@H]1C[N+](=O)[O-]. The molecule has 3 atom stereocenters. The van der Waals surface area contributed by atoms with Crippen molar-refractivity contribution in [3.63, 3.8) is 0 Å². The van der Waals surface area contributed by atoms with Gasteiger partial charge in [0.25, 0.3) is 0 Å². The Kier molecular flexibility index (Phi) is 5.68. The van der Waals surface area contributed by atoms with Gasteiger partial charge in [-0.1, -0.05) is 19.1 Å². The van der Waals surface area contributed by atoms with E-state index in [0.717, 1.165) is 19.3 Å². The number of rotatable bonds is 7. The zero-order valence-corrected chi connectivity index (χ0v) is 15.3. The predicted octanol–water partition coefficient (Wildman–Crippen LogP) is 2.41. The first-order chi connectivity index (χ1) is 12.8. The van der Waals surface area contributed by atoms with Gasteiger partial charge in [-0.3, -0.25) is 24.5 Å². The van der Waals surface area contributed by atoms with Gasteiger partial charge in [0.2, 0.25) is 6.54 Å². The van der Waals surface area contributed by atoms with Gasteiger partial charge in [-0.15, -0.1) is 0 Å². The number of benzene rings is 1. The van der Waals surface area contributed by atoms with Crippen LogP contribution in [0.15, 0.2) is 18.2 Å². The number of fused-ring (bicyclic) bond motifs is 1. The van der Waals surface area contributed by atoms with E-state index in [1.54, 1.807) is 13.0 Å². The molecule has 0 amide bonds. The van der Waals surface area contributed by atoms with Crippen LogP contribution in [0, 0.1) is 27.9 Å². The van der Waals surface area contributed by atoms with E-state index in [0.29, 0.717) is 5.56 Å². The van der Waals surface area contributed by atoms with Crippen LogP contribution in [0.25, 0.3) is 0 Å². The summed E-state index contributed by atoms with van der Waals surface area (Å²) in [4.78, 5) is 46.8. The smallest absolute Gasteiger partial charge is 0.306 e. The average Bonchev–Trinajstić information content (AvgIpc) is 3.18. The maximum absolute atomic E-state index is 12.3. The van der Waals surface area contributed by atoms with Crippen LogP contribution in [0.2, 0.25) is 0 Å². The summed E-state index contributed by atoms with van der Waals surface area (Å²) >= 11 is 0. The maximum Gasteiger partial charge on any atom is 0.306 e. The number of carbonyl (C=O) groups excluding carboxylic acids is 3. The Morgan fingerprint density at radius 1 is 1.26 bits per heavy atom. The molecule has 0 aliphatic heterocycles. The third kappa shape index (κ3) is 4.40. The molecule has 1 saturated carbocycles. The fourth-order valence-corrected chi connectivity index (χ4v) is 4.21. The van der Waals surface area contributed by atoms with E-state index in [9.17, 15) is 24.5 Å². The molecule has 0 aromatic heterocycles. The minimum Gasteiger partial charge on any atom is -0.457 e. The second kappa shape index (κ2) is 7.98. The molecule has 0 bridgehead atoms. The summed E-state index contributed by atoms with van der Waals surface area (Å²) in [6.07, 6.45) is 3.10. The van der Waals surface area contributed by atoms with Crippen LogP contribution in [0.1, 0.15) is 47.7 Å². The van der Waals surface area contributed by atoms with Crippen molar-refractivity contribution in [3.8, 4) is 0 Å². The number of esters is 1. The van der Waals surface area contributed by atoms with Gasteiger partial charge in [0.05, 0.1) is 6.42 Å². The van der Waals surface area contributed by atoms with Crippen molar-refractivity contribution in [1.82, 2.24) is 0 Å². The van der Waals surface area contributed by atoms with Crippen molar-refractivity contribution in [2.24, 2.45) is 17.8 Å². The molecule has 1 fully saturated rings. The summed E-state index contributed by atoms with van der Waals surface area (Å²) in [5.74, 6) is -2.39. The topological polar surface area (TPSA) is 104 Å². The molecule has 0 heterocycles. The van der Waals surface area contributed by atoms with E-state index in [4.69, 9.17) is 4.74 Å². The molecule has 0 spiro atoms. The first kappa shape index (κ1) is 19.2. The van der Waals surface area contributed by atoms with Crippen LogP contribution >= 0.6 is 0 Å². The van der Waals surface area contributed by atoms with Gasteiger partial charge in [0, 0.05) is 28.7 Å². The van der Waals surface area contributed by atoms with E-state index < -0.39 is 22.7 Å². The van der Waals surface area contributed by atoms with Crippen molar-refractivity contribution in [3.05, 3.63) is 45.0 Å². The van der Waals surface area contributed by atoms with E-state index in [-0.39, 0.29) is 43.5 Å². The lowest BCUT2D eigenvalue weighted by Gasteiger charge is -2.17. The Morgan fingerprint density at radius 2 is 2.00 bits per heavy atom. The molecule has 27 heavy (non-hydrogen) atoms. The molecule has 0 saturated heterocycles. The number of ether oxygens (including phenoxy) is 1. The minimum absolute atomic E-state index is 0.131. The second-order valence-corrected chi connectivity index (χ2v) is 7.56. The molecule has 1 aromatic rings. The molecular formula is C20H23NO6. The molecule has 2 aliphatic rings. The molecule has 0 unspecified atom stereocenters. The summed E-state index contributed by atoms with van der Waals surface area (Å²) in [7, 11) is 0. The highest BCUT2D eigenvalue weighted by Gasteiger charge is 2.44. The van der Waals surface area contributed by atoms with Gasteiger partial charge in [0.15, 0.2) is 12.4 Å². The zero-order valence-electron chi connectivity index (χ0n) is 15.3. The van der Waals surface area contributed by atoms with Gasteiger partial charge < -0.3 is 4.74 Å². The fourth-order valence-electron chi connectivity index (χ4n) is 4.21. The van der Waals surface area contributed by atoms with Crippen LogP contribution in [0.3, 0.4) is 0 Å². The number of nitrogens with zero attached hydrogens (tertiary/aromatic N) is 1. The monoisotopic (exact) mass is 373 g/mol. The van der Waals surface area contributed by atoms with Crippen LogP contribution in [-0.2, 0) is 27.2 Å². The van der Waals surface area contributed by atoms with Crippen molar-refractivity contribution in [2.45, 2.75) is 39.0 Å². The molecule has 0 radical (unpaired) electrons. The predicted molar refractivity (Wildman–Crippen MR) is 96.0 cm³/mol. The Labute approximate surface area is 157 Å². The number of hydrogen-bond donors (Lipinski definition) is 0. The summed E-state index contributed by atoms with van der Waals surface area (Å²) in [5.41, 5.74) is 2.94. The van der Waals surface area contributed by atoms with Gasteiger partial charge >= 0.3 is 5.97 Å². The molecule has 7 nitrogen and oxygen atoms in total. The van der Waals surface area contributed by atoms with E-state index >= 15 is 0 Å². The lowest BCUT2D eigenvalue weighted by molar-refractivity contribution is -0.490. The highest BCUT2D eigenvalue weighted by Crippen LogP contribution is 2.36. The standard InChI is InChI=1S/C20H23NO6/c1-12-7-18(22)16(17(12)10-21(25)26)9-20(24)27-11-19(23)15-6-5-13-3-2-4-14(13)8-15/h5-6,8,12,16-17H,2-4,7,9-11H2,1H3/t12-,16-,17-/m1/s1. The highest BCUT2D eigenvalue weighted by atomic mass is 16.6. The minimum atomic E-state index is -0.701. The van der Waals surface area contributed by atoms with Crippen LogP contribution < -0.4 is 0 Å². The third-order valence-electron chi connectivity index (χ3n) is 5.72. The Bertz CT molecular complexity index is 787. The summed E-state index contributed by atoms with van der Waals surface area (Å²) in [6, 6.07) is 5.54. The number of hydrogen-bond acceptors (Lipinski definition) is 6. The Balaban J connectivity index is 1.55. The quantitative estimate of drug-likeness (QED) is 0.315. The number of ketones is 2. The Hall–Kier alpha value is -2.57. The molecule has 0 N–H and O–H groups in total. The first-order valence-electron chi connectivity index (χ1n) is 9.30. The van der Waals surface area contributed by atoms with E-state index in [1.165, 1.54) is 11.1 Å². The zero-order chi connectivity index (χ0) is 19.6. The van der Waals surface area contributed by atoms with Gasteiger partial charge in [-0.2, -0.15) is 0 Å². The lowest BCUT2D eigenvalue weighted by Crippen LogP contribution is -2.28. The fraction of sp³-hybridized carbons (Fsp3) is 0.550. The number of carbonyl (C=O) groups is 3. The number of aryl methyl sites for hydroxylation is 2. The number of nitro groups is 1. The molecule has 2 aliphatic carbocycles. The van der Waals surface area contributed by atoms with Crippen molar-refractivity contribution in [2.75, 3.05) is 13.2 Å². The maximum atomic E-state index is 12.3. The van der Waals surface area contributed by atoms with E-state index in [2.05, 4.69) is 0 Å². The average molecular weight is 373 g/mol. The highest BCUT2D eigenvalue weighted by molar-refractivity contribution is 5.98. The van der Waals surface area contributed by atoms with Crippen LogP contribution in [0.4, 0.5) is 0 Å². The van der Waals surface area contributed by atoms with Crippen LogP contribution in [-0.4, -0.2) is 35.6 Å². The Morgan fingerprint density at radius 3 is 2.74 bits per heavy atom. The van der Waals surface area contributed by atoms with Crippen LogP contribution in [0.5, 0.6) is 0 Å². The molecular weight excluding hydrogens is 350 g/mol. The molecule has 144 valence electrons. The second-order valence-electron chi connectivity index (χ2n) is 7.56. The molecule has 3 rings (SSSR count). The normalized spacial score (nSPS) is 23.9. The van der Waals surface area contributed by atoms with Crippen molar-refractivity contribution in [1.29, 1.82) is 0 Å². The molecule has 7 heteroatoms. The summed E-state index contributed by atoms with van der Waals surface area (Å²) < 4.78 is 5.07. The first-order valence-corrected chi connectivity index (χ1v) is 9.30. The summed E-state index contributed by atoms with van der Waals surface area (Å²) in [6.45, 7) is 1.07. The number of Topliss-reactive ketones (excluding diaryl/α,β-unsaturated/α-hetero) is 2. The van der Waals surface area contributed by atoms with Crippen molar-refractivity contribution >= 4 is 17.5 Å². The molecule has 1 aromatic carbocycles. The van der Waals surface area contributed by atoms with Gasteiger partial charge in [-0.05, 0) is 42.4 Å². The van der Waals surface area contributed by atoms with Gasteiger partial charge in [0.1, 0.15) is 5.78 Å². The third-order valence-corrected chi connectivity index (χ3v) is 5.72. The van der Waals surface area contributed by atoms with Gasteiger partial charge in [-0.25, -0.2) is 0 Å². The lowest BCUT2D eigenvalue weighted by atomic mass is 9.88. The largest absolute Gasteiger partial charge is 0.457 e. The van der Waals surface area contributed by atoms with Crippen molar-refractivity contribution < 1.29 is 24.0 Å². The van der Waals surface area contributed by atoms with E-state index in [1.807, 2.05) is 12.1 Å².